The zero-order valence-corrected chi connectivity index (χ0v) is 17.5. The first-order valence-electron chi connectivity index (χ1n) is 9.97. The van der Waals surface area contributed by atoms with E-state index in [0.717, 1.165) is 52.6 Å². The molecule has 4 aromatic rings. The normalized spacial score (nSPS) is 13.7. The lowest BCUT2D eigenvalue weighted by Crippen LogP contribution is -2.37. The first-order chi connectivity index (χ1) is 15.1. The van der Waals surface area contributed by atoms with E-state index >= 15 is 0 Å². The number of aromatic nitrogens is 5. The Hall–Kier alpha value is -3.72. The van der Waals surface area contributed by atoms with Crippen LogP contribution >= 0.6 is 0 Å². The van der Waals surface area contributed by atoms with Gasteiger partial charge in [0.05, 0.1) is 35.7 Å². The molecule has 160 valence electrons. The van der Waals surface area contributed by atoms with Gasteiger partial charge in [-0.25, -0.2) is 9.97 Å². The second kappa shape index (κ2) is 8.97. The van der Waals surface area contributed by atoms with Gasteiger partial charge in [0.25, 0.3) is 6.47 Å². The fourth-order valence-corrected chi connectivity index (χ4v) is 3.81. The maximum atomic E-state index is 8.36. The van der Waals surface area contributed by atoms with Crippen LogP contribution in [0.2, 0.25) is 0 Å². The van der Waals surface area contributed by atoms with E-state index in [0.29, 0.717) is 13.2 Å². The Balaban J connectivity index is 0.000000730. The molecule has 0 atom stereocenters. The molecule has 31 heavy (non-hydrogen) atoms. The van der Waals surface area contributed by atoms with Crippen molar-refractivity contribution in [3.63, 3.8) is 0 Å². The highest BCUT2D eigenvalue weighted by Gasteiger charge is 2.22. The lowest BCUT2D eigenvalue weighted by molar-refractivity contribution is -0.122. The van der Waals surface area contributed by atoms with E-state index in [9.17, 15) is 0 Å². The summed E-state index contributed by atoms with van der Waals surface area (Å²) in [6, 6.07) is 10.4. The highest BCUT2D eigenvalue weighted by Crippen LogP contribution is 2.33. The second-order valence-electron chi connectivity index (χ2n) is 7.15. The number of nitrogens with zero attached hydrogens (tertiary/aromatic N) is 6. The van der Waals surface area contributed by atoms with Crippen molar-refractivity contribution in [3.05, 3.63) is 54.6 Å². The van der Waals surface area contributed by atoms with Crippen LogP contribution in [0.15, 0.2) is 48.9 Å². The Kier molecular flexibility index (Phi) is 5.94. The van der Waals surface area contributed by atoms with Crippen molar-refractivity contribution in [3.8, 4) is 17.1 Å². The number of pyridine rings is 1. The van der Waals surface area contributed by atoms with Gasteiger partial charge in [-0.1, -0.05) is 18.2 Å². The predicted molar refractivity (Wildman–Crippen MR) is 118 cm³/mol. The molecular weight excluding hydrogens is 396 g/mol. The van der Waals surface area contributed by atoms with Gasteiger partial charge in [0.2, 0.25) is 0 Å². The fourth-order valence-electron chi connectivity index (χ4n) is 3.81. The van der Waals surface area contributed by atoms with E-state index in [4.69, 9.17) is 24.6 Å². The summed E-state index contributed by atoms with van der Waals surface area (Å²) in [5.74, 6) is 1.83. The van der Waals surface area contributed by atoms with Crippen LogP contribution in [-0.2, 0) is 16.6 Å². The minimum atomic E-state index is -0.250. The summed E-state index contributed by atoms with van der Waals surface area (Å²) in [6.07, 6.45) is 5.83. The van der Waals surface area contributed by atoms with E-state index in [1.165, 1.54) is 0 Å². The van der Waals surface area contributed by atoms with Crippen molar-refractivity contribution in [2.24, 2.45) is 7.05 Å². The number of anilines is 1. The number of ether oxygens (including phenoxy) is 1. The zero-order valence-electron chi connectivity index (χ0n) is 17.5. The predicted octanol–water partition coefficient (Wildman–Crippen LogP) is 2.67. The van der Waals surface area contributed by atoms with Gasteiger partial charge in [0.1, 0.15) is 11.6 Å². The molecule has 9 heteroatoms. The van der Waals surface area contributed by atoms with Gasteiger partial charge < -0.3 is 14.7 Å². The topological polar surface area (TPSA) is 98.3 Å². The van der Waals surface area contributed by atoms with Crippen molar-refractivity contribution < 1.29 is 14.6 Å². The summed E-state index contributed by atoms with van der Waals surface area (Å²) in [4.78, 5) is 20.4. The number of hydrogen-bond donors (Lipinski definition) is 1. The smallest absolute Gasteiger partial charge is 0.290 e. The molecule has 0 amide bonds. The molecule has 0 saturated carbocycles. The number of morpholine rings is 1. The highest BCUT2D eigenvalue weighted by molar-refractivity contribution is 5.88. The van der Waals surface area contributed by atoms with Crippen molar-refractivity contribution in [2.45, 2.75) is 6.92 Å². The van der Waals surface area contributed by atoms with Crippen molar-refractivity contribution >= 4 is 23.2 Å². The number of imidazole rings is 1. The summed E-state index contributed by atoms with van der Waals surface area (Å²) in [6.45, 7) is 4.84. The Bertz CT molecular complexity index is 1190. The molecule has 0 radical (unpaired) electrons. The summed E-state index contributed by atoms with van der Waals surface area (Å²) >= 11 is 0. The number of hydrogen-bond acceptors (Lipinski definition) is 6. The molecule has 0 bridgehead atoms. The summed E-state index contributed by atoms with van der Waals surface area (Å²) < 4.78 is 9.47. The van der Waals surface area contributed by atoms with Gasteiger partial charge in [0.15, 0.2) is 0 Å². The van der Waals surface area contributed by atoms with Gasteiger partial charge in [-0.3, -0.25) is 14.0 Å². The van der Waals surface area contributed by atoms with E-state index in [1.54, 1.807) is 0 Å². The van der Waals surface area contributed by atoms with Crippen LogP contribution in [0.5, 0.6) is 0 Å². The Morgan fingerprint density at radius 2 is 1.94 bits per heavy atom. The van der Waals surface area contributed by atoms with Crippen LogP contribution in [-0.4, -0.2) is 62.2 Å². The third kappa shape index (κ3) is 4.13. The molecule has 1 saturated heterocycles. The van der Waals surface area contributed by atoms with Crippen molar-refractivity contribution in [1.82, 2.24) is 24.3 Å². The molecule has 4 heterocycles. The Morgan fingerprint density at radius 3 is 2.65 bits per heavy atom. The lowest BCUT2D eigenvalue weighted by atomic mass is 10.1. The maximum absolute atomic E-state index is 8.36. The molecule has 3 aromatic heterocycles. The van der Waals surface area contributed by atoms with Crippen molar-refractivity contribution in [1.29, 1.82) is 0 Å². The minimum Gasteiger partial charge on any atom is -0.483 e. The molecule has 1 fully saturated rings. The lowest BCUT2D eigenvalue weighted by Gasteiger charge is -2.29. The molecule has 0 aliphatic carbocycles. The SMILES string of the molecule is Cc1nn(C)cc1-n1ccnc1-c1cc2ccccc2nc1N1CCOCC1.O=CO. The number of aryl methyl sites for hydroxylation is 2. The van der Waals surface area contributed by atoms with E-state index in [2.05, 4.69) is 32.8 Å². The highest BCUT2D eigenvalue weighted by atomic mass is 16.5. The monoisotopic (exact) mass is 420 g/mol. The number of rotatable bonds is 3. The molecule has 1 N–H and O–H groups in total. The quantitative estimate of drug-likeness (QED) is 0.509. The third-order valence-electron chi connectivity index (χ3n) is 5.14. The van der Waals surface area contributed by atoms with Crippen LogP contribution in [0.25, 0.3) is 28.0 Å². The summed E-state index contributed by atoms with van der Waals surface area (Å²) in [5.41, 5.74) is 4.00. The minimum absolute atomic E-state index is 0.250. The summed E-state index contributed by atoms with van der Waals surface area (Å²) in [5, 5.41) is 12.5. The Morgan fingerprint density at radius 1 is 1.19 bits per heavy atom. The first-order valence-corrected chi connectivity index (χ1v) is 9.97. The summed E-state index contributed by atoms with van der Waals surface area (Å²) in [7, 11) is 1.93. The average Bonchev–Trinajstić information content (AvgIpc) is 3.39. The van der Waals surface area contributed by atoms with Crippen LogP contribution in [0.3, 0.4) is 0 Å². The average molecular weight is 420 g/mol. The third-order valence-corrected chi connectivity index (χ3v) is 5.14. The Labute approximate surface area is 179 Å². The molecule has 9 nitrogen and oxygen atoms in total. The number of fused-ring (bicyclic) bond motifs is 1. The number of benzene rings is 1. The van der Waals surface area contributed by atoms with Crippen LogP contribution < -0.4 is 4.90 Å². The molecule has 0 unspecified atom stereocenters. The molecule has 0 spiro atoms. The van der Waals surface area contributed by atoms with Crippen molar-refractivity contribution in [2.75, 3.05) is 31.2 Å². The fraction of sp³-hybridized carbons (Fsp3) is 0.273. The van der Waals surface area contributed by atoms with Gasteiger partial charge in [-0.2, -0.15) is 5.10 Å². The van der Waals surface area contributed by atoms with E-state index < -0.39 is 0 Å². The van der Waals surface area contributed by atoms with Crippen LogP contribution in [0.1, 0.15) is 5.69 Å². The molecule has 1 aromatic carbocycles. The largest absolute Gasteiger partial charge is 0.483 e. The second-order valence-corrected chi connectivity index (χ2v) is 7.15. The van der Waals surface area contributed by atoms with Gasteiger partial charge >= 0.3 is 0 Å². The molecule has 5 rings (SSSR count). The van der Waals surface area contributed by atoms with E-state index in [1.807, 2.05) is 49.4 Å². The molecule has 1 aliphatic heterocycles. The number of carbonyl (C=O) groups is 1. The van der Waals surface area contributed by atoms with Crippen LogP contribution in [0.4, 0.5) is 5.82 Å². The van der Waals surface area contributed by atoms with Gasteiger partial charge in [-0.05, 0) is 19.1 Å². The van der Waals surface area contributed by atoms with Gasteiger partial charge in [0, 0.05) is 44.1 Å². The van der Waals surface area contributed by atoms with Crippen LogP contribution in [0, 0.1) is 6.92 Å². The number of carboxylic acid groups (broad SMARTS) is 1. The number of para-hydroxylation sites is 1. The standard InChI is InChI=1S/C21H22N6O.CH2O2/c1-15-19(14-25(2)24-15)27-8-7-22-20(27)17-13-16-5-3-4-6-18(16)23-21(17)26-9-11-28-12-10-26;2-1-3/h3-8,13-14H,9-12H2,1-2H3;1H,(H,2,3). The maximum Gasteiger partial charge on any atom is 0.290 e. The van der Waals surface area contributed by atoms with Gasteiger partial charge in [-0.15, -0.1) is 0 Å². The molecule has 1 aliphatic rings. The first kappa shape index (κ1) is 20.5. The van der Waals surface area contributed by atoms with E-state index in [-0.39, 0.29) is 6.47 Å². The molecular formula is C22H24N6O3. The zero-order chi connectivity index (χ0) is 21.8.